The highest BCUT2D eigenvalue weighted by Crippen LogP contribution is 2.47. The van der Waals surface area contributed by atoms with Gasteiger partial charge in [0.25, 0.3) is 5.91 Å². The molecule has 218 valence electrons. The summed E-state index contributed by atoms with van der Waals surface area (Å²) in [5.74, 6) is -1.41. The topological polar surface area (TPSA) is 132 Å². The first-order valence-corrected chi connectivity index (χ1v) is 14.4. The Morgan fingerprint density at radius 3 is 2.64 bits per heavy atom. The van der Waals surface area contributed by atoms with Crippen LogP contribution in [0, 0.1) is 11.7 Å². The number of pyridine rings is 1. The number of rotatable bonds is 11. The molecule has 2 amide bonds. The lowest BCUT2D eigenvalue weighted by molar-refractivity contribution is -0.117. The Kier molecular flexibility index (Phi) is 7.36. The Hall–Kier alpha value is -4.02. The Morgan fingerprint density at radius 2 is 1.98 bits per heavy atom. The van der Waals surface area contributed by atoms with Crippen molar-refractivity contribution in [3.8, 4) is 17.0 Å². The van der Waals surface area contributed by atoms with Gasteiger partial charge in [0.2, 0.25) is 5.91 Å². The van der Waals surface area contributed by atoms with E-state index in [0.717, 1.165) is 36.6 Å². The molecule has 2 saturated carbocycles. The maximum atomic E-state index is 14.0. The van der Waals surface area contributed by atoms with Crippen molar-refractivity contribution in [1.82, 2.24) is 20.1 Å². The smallest absolute Gasteiger partial charge is 0.251 e. The minimum absolute atomic E-state index is 0.108. The van der Waals surface area contributed by atoms with Crippen LogP contribution in [0.2, 0.25) is 5.02 Å². The molecule has 0 spiro atoms. The molecule has 2 heterocycles. The molecule has 9 nitrogen and oxygen atoms in total. The second-order valence-electron chi connectivity index (χ2n) is 11.0. The normalized spacial score (nSPS) is 16.3. The van der Waals surface area contributed by atoms with Crippen molar-refractivity contribution in [2.24, 2.45) is 11.7 Å². The van der Waals surface area contributed by atoms with Crippen molar-refractivity contribution >= 4 is 34.3 Å². The van der Waals surface area contributed by atoms with E-state index in [4.69, 9.17) is 27.1 Å². The van der Waals surface area contributed by atoms with E-state index in [-0.39, 0.29) is 47.8 Å². The minimum Gasteiger partial charge on any atom is -0.491 e. The number of ether oxygens (including phenoxy) is 1. The molecule has 0 radical (unpaired) electrons. The molecule has 0 unspecified atom stereocenters. The van der Waals surface area contributed by atoms with Crippen LogP contribution >= 0.6 is 11.6 Å². The summed E-state index contributed by atoms with van der Waals surface area (Å²) in [7, 11) is 0. The second-order valence-corrected chi connectivity index (χ2v) is 11.5. The van der Waals surface area contributed by atoms with Crippen LogP contribution in [-0.4, -0.2) is 44.8 Å². The fourth-order valence-corrected chi connectivity index (χ4v) is 5.49. The Bertz CT molecular complexity index is 1700. The number of primary amides is 1. The third kappa shape index (κ3) is 5.56. The molecule has 2 aromatic heterocycles. The average molecular weight is 592 g/mol. The summed E-state index contributed by atoms with van der Waals surface area (Å²) in [6.07, 6.45) is 5.47. The van der Waals surface area contributed by atoms with E-state index in [2.05, 4.69) is 10.4 Å². The maximum Gasteiger partial charge on any atom is 0.251 e. The number of carbonyl (C=O) groups is 2. The van der Waals surface area contributed by atoms with Crippen molar-refractivity contribution in [1.29, 1.82) is 0 Å². The van der Waals surface area contributed by atoms with Gasteiger partial charge in [0.1, 0.15) is 22.9 Å². The lowest BCUT2D eigenvalue weighted by atomic mass is 9.90. The zero-order valence-electron chi connectivity index (χ0n) is 23.1. The number of benzene rings is 2. The van der Waals surface area contributed by atoms with E-state index in [1.165, 1.54) is 18.2 Å². The molecule has 4 N–H and O–H groups in total. The third-order valence-corrected chi connectivity index (χ3v) is 8.11. The second kappa shape index (κ2) is 11.0. The summed E-state index contributed by atoms with van der Waals surface area (Å²) in [5, 5.41) is 20.3. The van der Waals surface area contributed by atoms with Crippen molar-refractivity contribution in [2.75, 3.05) is 13.2 Å². The van der Waals surface area contributed by atoms with E-state index >= 15 is 0 Å². The van der Waals surface area contributed by atoms with E-state index in [0.29, 0.717) is 28.5 Å². The van der Waals surface area contributed by atoms with Crippen LogP contribution in [0.4, 0.5) is 4.39 Å². The number of amides is 2. The number of nitrogens with one attached hydrogen (secondary N) is 1. The van der Waals surface area contributed by atoms with Gasteiger partial charge in [0.15, 0.2) is 0 Å². The molecule has 2 aliphatic rings. The number of hydrogen-bond acceptors (Lipinski definition) is 6. The van der Waals surface area contributed by atoms with Gasteiger partial charge in [-0.15, -0.1) is 0 Å². The van der Waals surface area contributed by atoms with Gasteiger partial charge >= 0.3 is 0 Å². The minimum atomic E-state index is -1.55. The van der Waals surface area contributed by atoms with E-state index in [1.54, 1.807) is 25.1 Å². The van der Waals surface area contributed by atoms with Crippen LogP contribution < -0.4 is 15.8 Å². The first-order valence-electron chi connectivity index (χ1n) is 14.1. The molecule has 0 bridgehead atoms. The zero-order valence-corrected chi connectivity index (χ0v) is 23.8. The first-order chi connectivity index (χ1) is 20.2. The standard InChI is InChI=1S/C31H31ClFN5O4/c1-2-42-29-19(14-27(34)39)13-26(36-28(29)17-3-9-24(33)23(32)12-17)31(41,21-5-6-21)16-35-30(40)18-4-10-25-20(11-18)15-38(37-25)22-7-8-22/h3-4,9-13,15,21-22,41H,2,5-8,14,16H2,1H3,(H2,34,39)(H,35,40)/t31-/m1/s1. The van der Waals surface area contributed by atoms with Crippen molar-refractivity contribution in [2.45, 2.75) is 50.7 Å². The largest absolute Gasteiger partial charge is 0.491 e. The fourth-order valence-electron chi connectivity index (χ4n) is 5.31. The Balaban J connectivity index is 1.35. The highest BCUT2D eigenvalue weighted by molar-refractivity contribution is 6.31. The summed E-state index contributed by atoms with van der Waals surface area (Å²) < 4.78 is 21.8. The van der Waals surface area contributed by atoms with Crippen LogP contribution in [0.3, 0.4) is 0 Å². The molecule has 2 aliphatic carbocycles. The van der Waals surface area contributed by atoms with Gasteiger partial charge in [0, 0.05) is 28.3 Å². The van der Waals surface area contributed by atoms with Crippen LogP contribution in [-0.2, 0) is 16.8 Å². The number of halogens is 2. The number of carbonyl (C=O) groups excluding carboxylic acids is 2. The fraction of sp³-hybridized carbons (Fsp3) is 0.355. The van der Waals surface area contributed by atoms with Gasteiger partial charge in [0.05, 0.1) is 41.8 Å². The molecule has 1 atom stereocenters. The Labute approximate surface area is 246 Å². The monoisotopic (exact) mass is 591 g/mol. The molecular formula is C31H31ClFN5O4. The highest BCUT2D eigenvalue weighted by Gasteiger charge is 2.47. The molecule has 11 heteroatoms. The average Bonchev–Trinajstić information content (AvgIpc) is 3.90. The van der Waals surface area contributed by atoms with Crippen molar-refractivity contribution < 1.29 is 23.8 Å². The van der Waals surface area contributed by atoms with Crippen LogP contribution in [0.25, 0.3) is 22.2 Å². The van der Waals surface area contributed by atoms with E-state index < -0.39 is 17.3 Å². The van der Waals surface area contributed by atoms with Gasteiger partial charge in [-0.2, -0.15) is 5.10 Å². The molecule has 6 rings (SSSR count). The SMILES string of the molecule is CCOc1c(CC(N)=O)cc([C@@](O)(CNC(=O)c2ccc3nn(C4CC4)cc3c2)C2CC2)nc1-c1ccc(F)c(Cl)c1. The Morgan fingerprint density at radius 1 is 1.19 bits per heavy atom. The molecule has 0 aliphatic heterocycles. The van der Waals surface area contributed by atoms with Gasteiger partial charge in [-0.25, -0.2) is 9.37 Å². The first kappa shape index (κ1) is 28.1. The number of nitrogens with two attached hydrogens (primary N) is 1. The van der Waals surface area contributed by atoms with Crippen molar-refractivity contribution in [3.63, 3.8) is 0 Å². The quantitative estimate of drug-likeness (QED) is 0.232. The number of fused-ring (bicyclic) bond motifs is 1. The number of aromatic nitrogens is 3. The van der Waals surface area contributed by atoms with E-state index in [9.17, 15) is 19.1 Å². The van der Waals surface area contributed by atoms with E-state index in [1.807, 2.05) is 16.9 Å². The maximum absolute atomic E-state index is 14.0. The predicted octanol–water partition coefficient (Wildman–Crippen LogP) is 4.68. The molecule has 0 saturated heterocycles. The molecular weight excluding hydrogens is 561 g/mol. The third-order valence-electron chi connectivity index (χ3n) is 7.82. The van der Waals surface area contributed by atoms with Gasteiger partial charge in [-0.3, -0.25) is 14.3 Å². The highest BCUT2D eigenvalue weighted by atomic mass is 35.5. The number of nitrogens with zero attached hydrogens (tertiary/aromatic N) is 3. The van der Waals surface area contributed by atoms with Crippen molar-refractivity contribution in [3.05, 3.63) is 76.3 Å². The summed E-state index contributed by atoms with van der Waals surface area (Å²) in [5.41, 5.74) is 6.70. The van der Waals surface area contributed by atoms with Crippen LogP contribution in [0.15, 0.2) is 48.7 Å². The predicted molar refractivity (Wildman–Crippen MR) is 156 cm³/mol. The molecule has 2 aromatic carbocycles. The van der Waals surface area contributed by atoms with Crippen LogP contribution in [0.5, 0.6) is 5.75 Å². The lowest BCUT2D eigenvalue weighted by Crippen LogP contribution is -2.43. The summed E-state index contributed by atoms with van der Waals surface area (Å²) in [4.78, 5) is 30.1. The lowest BCUT2D eigenvalue weighted by Gasteiger charge is -2.30. The molecule has 4 aromatic rings. The zero-order chi connectivity index (χ0) is 29.6. The van der Waals surface area contributed by atoms with Crippen LogP contribution in [0.1, 0.15) is 60.3 Å². The summed E-state index contributed by atoms with van der Waals surface area (Å²) >= 11 is 6.09. The summed E-state index contributed by atoms with van der Waals surface area (Å²) in [6.45, 7) is 1.94. The van der Waals surface area contributed by atoms with Gasteiger partial charge in [-0.05, 0) is 81.0 Å². The molecule has 42 heavy (non-hydrogen) atoms. The number of hydrogen-bond donors (Lipinski definition) is 3. The molecule has 2 fully saturated rings. The summed E-state index contributed by atoms with van der Waals surface area (Å²) in [6, 6.07) is 11.5. The van der Waals surface area contributed by atoms with Gasteiger partial charge in [-0.1, -0.05) is 11.6 Å². The number of aliphatic hydroxyl groups is 1. The van der Waals surface area contributed by atoms with Gasteiger partial charge < -0.3 is 20.9 Å².